The Morgan fingerprint density at radius 1 is 1.29 bits per heavy atom. The zero-order valence-electron chi connectivity index (χ0n) is 12.2. The zero-order chi connectivity index (χ0) is 15.1. The number of hydrogen-bond acceptors (Lipinski definition) is 2. The molecular weight excluding hydrogens is 352 g/mol. The number of alkyl halides is 1. The molecular formula is C15H16BrClN4. The lowest BCUT2D eigenvalue weighted by Crippen LogP contribution is -2.07. The lowest BCUT2D eigenvalue weighted by molar-refractivity contribution is 0.750. The van der Waals surface area contributed by atoms with Crippen LogP contribution in [0.3, 0.4) is 0 Å². The van der Waals surface area contributed by atoms with Gasteiger partial charge in [0.05, 0.1) is 11.4 Å². The van der Waals surface area contributed by atoms with Crippen molar-refractivity contribution in [3.05, 3.63) is 39.8 Å². The standard InChI is InChI=1S/C15H16BrClN4/c1-9-4-5-11(16)12(8-9)21-13(6-7-17)18-14-10(2)19-20(3)15(14)21/h4-5,8H,6-7H2,1-3H3. The molecule has 0 unspecified atom stereocenters. The molecule has 2 heterocycles. The summed E-state index contributed by atoms with van der Waals surface area (Å²) >= 11 is 9.60. The lowest BCUT2D eigenvalue weighted by atomic mass is 10.2. The van der Waals surface area contributed by atoms with Crippen LogP contribution in [0.1, 0.15) is 17.1 Å². The maximum Gasteiger partial charge on any atom is 0.163 e. The van der Waals surface area contributed by atoms with Crippen molar-refractivity contribution in [1.82, 2.24) is 19.3 Å². The first-order valence-corrected chi connectivity index (χ1v) is 8.09. The molecule has 4 nitrogen and oxygen atoms in total. The van der Waals surface area contributed by atoms with Gasteiger partial charge in [0.1, 0.15) is 11.3 Å². The van der Waals surface area contributed by atoms with Crippen molar-refractivity contribution in [2.24, 2.45) is 7.05 Å². The number of benzene rings is 1. The van der Waals surface area contributed by atoms with E-state index in [1.807, 2.05) is 18.7 Å². The molecule has 0 bridgehead atoms. The van der Waals surface area contributed by atoms with Gasteiger partial charge in [-0.25, -0.2) is 9.67 Å². The molecule has 21 heavy (non-hydrogen) atoms. The SMILES string of the molecule is Cc1ccc(Br)c(-n2c(CCCl)nc3c(C)nn(C)c32)c1. The molecule has 0 atom stereocenters. The minimum Gasteiger partial charge on any atom is -0.280 e. The fraction of sp³-hybridized carbons (Fsp3) is 0.333. The minimum atomic E-state index is 0.541. The highest BCUT2D eigenvalue weighted by molar-refractivity contribution is 9.10. The highest BCUT2D eigenvalue weighted by atomic mass is 79.9. The van der Waals surface area contributed by atoms with E-state index in [2.05, 4.69) is 50.7 Å². The van der Waals surface area contributed by atoms with Crippen molar-refractivity contribution in [3.8, 4) is 5.69 Å². The van der Waals surface area contributed by atoms with Crippen LogP contribution in [0.15, 0.2) is 22.7 Å². The van der Waals surface area contributed by atoms with E-state index in [-0.39, 0.29) is 0 Å². The maximum atomic E-state index is 5.95. The minimum absolute atomic E-state index is 0.541. The Balaban J connectivity index is 2.38. The van der Waals surface area contributed by atoms with Gasteiger partial charge in [0.15, 0.2) is 5.65 Å². The second-order valence-corrected chi connectivity index (χ2v) is 6.37. The Hall–Kier alpha value is -1.33. The second-order valence-electron chi connectivity index (χ2n) is 5.14. The number of imidazole rings is 1. The molecule has 0 aliphatic carbocycles. The molecule has 3 rings (SSSR count). The number of hydrogen-bond donors (Lipinski definition) is 0. The highest BCUT2D eigenvalue weighted by Gasteiger charge is 2.19. The number of halogens is 2. The van der Waals surface area contributed by atoms with Crippen molar-refractivity contribution in [1.29, 1.82) is 0 Å². The normalized spacial score (nSPS) is 11.5. The molecule has 6 heteroatoms. The third kappa shape index (κ3) is 2.38. The van der Waals surface area contributed by atoms with E-state index in [1.165, 1.54) is 5.56 Å². The van der Waals surface area contributed by atoms with Crippen LogP contribution >= 0.6 is 27.5 Å². The molecule has 3 aromatic rings. The van der Waals surface area contributed by atoms with Gasteiger partial charge in [-0.3, -0.25) is 4.57 Å². The number of nitrogens with zero attached hydrogens (tertiary/aromatic N) is 4. The van der Waals surface area contributed by atoms with Crippen LogP contribution in [-0.2, 0) is 13.5 Å². The number of aryl methyl sites for hydroxylation is 4. The quantitative estimate of drug-likeness (QED) is 0.658. The molecule has 110 valence electrons. The van der Waals surface area contributed by atoms with Gasteiger partial charge in [0.25, 0.3) is 0 Å². The summed E-state index contributed by atoms with van der Waals surface area (Å²) in [6.07, 6.45) is 0.718. The Morgan fingerprint density at radius 3 is 2.76 bits per heavy atom. The summed E-state index contributed by atoms with van der Waals surface area (Å²) in [4.78, 5) is 4.74. The van der Waals surface area contributed by atoms with Crippen molar-refractivity contribution < 1.29 is 0 Å². The average Bonchev–Trinajstić information content (AvgIpc) is 2.93. The van der Waals surface area contributed by atoms with E-state index >= 15 is 0 Å². The van der Waals surface area contributed by atoms with Gasteiger partial charge in [-0.15, -0.1) is 11.6 Å². The first-order valence-electron chi connectivity index (χ1n) is 6.76. The van der Waals surface area contributed by atoms with Crippen molar-refractivity contribution in [2.75, 3.05) is 5.88 Å². The molecule has 0 N–H and O–H groups in total. The molecule has 0 saturated carbocycles. The second kappa shape index (κ2) is 5.46. The maximum absolute atomic E-state index is 5.95. The van der Waals surface area contributed by atoms with Gasteiger partial charge in [0, 0.05) is 23.8 Å². The Morgan fingerprint density at radius 2 is 2.05 bits per heavy atom. The molecule has 0 aliphatic heterocycles. The average molecular weight is 368 g/mol. The van der Waals surface area contributed by atoms with E-state index in [1.54, 1.807) is 0 Å². The van der Waals surface area contributed by atoms with Crippen molar-refractivity contribution >= 4 is 38.7 Å². The molecule has 2 aromatic heterocycles. The van der Waals surface area contributed by atoms with Crippen LogP contribution in [0.2, 0.25) is 0 Å². The van der Waals surface area contributed by atoms with Crippen LogP contribution in [0.25, 0.3) is 16.9 Å². The Labute approximate surface area is 136 Å². The van der Waals surface area contributed by atoms with Crippen LogP contribution in [0, 0.1) is 13.8 Å². The summed E-state index contributed by atoms with van der Waals surface area (Å²) in [5.41, 5.74) is 5.14. The molecule has 0 fully saturated rings. The van der Waals surface area contributed by atoms with E-state index < -0.39 is 0 Å². The number of fused-ring (bicyclic) bond motifs is 1. The molecule has 0 spiro atoms. The highest BCUT2D eigenvalue weighted by Crippen LogP contribution is 2.29. The lowest BCUT2D eigenvalue weighted by Gasteiger charge is -2.12. The Kier molecular flexibility index (Phi) is 3.80. The number of aromatic nitrogens is 4. The molecule has 1 aromatic carbocycles. The smallest absolute Gasteiger partial charge is 0.163 e. The first kappa shape index (κ1) is 14.6. The largest absolute Gasteiger partial charge is 0.280 e. The van der Waals surface area contributed by atoms with Gasteiger partial charge in [-0.2, -0.15) is 5.10 Å². The van der Waals surface area contributed by atoms with Crippen molar-refractivity contribution in [3.63, 3.8) is 0 Å². The van der Waals surface area contributed by atoms with E-state index in [0.717, 1.165) is 39.3 Å². The van der Waals surface area contributed by atoms with Crippen molar-refractivity contribution in [2.45, 2.75) is 20.3 Å². The van der Waals surface area contributed by atoms with Crippen LogP contribution in [-0.4, -0.2) is 25.2 Å². The van der Waals surface area contributed by atoms with Crippen LogP contribution in [0.5, 0.6) is 0 Å². The molecule has 0 saturated heterocycles. The molecule has 0 aliphatic rings. The van der Waals surface area contributed by atoms with Gasteiger partial charge >= 0.3 is 0 Å². The molecule has 0 amide bonds. The summed E-state index contributed by atoms with van der Waals surface area (Å²) in [6, 6.07) is 6.28. The fourth-order valence-corrected chi connectivity index (χ4v) is 3.21. The van der Waals surface area contributed by atoms with E-state index in [9.17, 15) is 0 Å². The van der Waals surface area contributed by atoms with Gasteiger partial charge in [-0.05, 0) is 47.5 Å². The first-order chi connectivity index (χ1) is 10.0. The molecule has 0 radical (unpaired) electrons. The zero-order valence-corrected chi connectivity index (χ0v) is 14.5. The monoisotopic (exact) mass is 366 g/mol. The Bertz CT molecular complexity index is 819. The van der Waals surface area contributed by atoms with Crippen LogP contribution in [0.4, 0.5) is 0 Å². The topological polar surface area (TPSA) is 35.6 Å². The third-order valence-electron chi connectivity index (χ3n) is 3.53. The third-order valence-corrected chi connectivity index (χ3v) is 4.39. The van der Waals surface area contributed by atoms with E-state index in [4.69, 9.17) is 16.6 Å². The summed E-state index contributed by atoms with van der Waals surface area (Å²) in [7, 11) is 1.95. The fourth-order valence-electron chi connectivity index (χ4n) is 2.62. The summed E-state index contributed by atoms with van der Waals surface area (Å²) in [6.45, 7) is 4.06. The van der Waals surface area contributed by atoms with Gasteiger partial charge < -0.3 is 0 Å². The van der Waals surface area contributed by atoms with Gasteiger partial charge in [0.2, 0.25) is 0 Å². The van der Waals surface area contributed by atoms with Gasteiger partial charge in [-0.1, -0.05) is 6.07 Å². The summed E-state index contributed by atoms with van der Waals surface area (Å²) in [5.74, 6) is 1.50. The van der Waals surface area contributed by atoms with E-state index in [0.29, 0.717) is 5.88 Å². The number of rotatable bonds is 3. The van der Waals surface area contributed by atoms with Crippen LogP contribution < -0.4 is 0 Å². The summed E-state index contributed by atoms with van der Waals surface area (Å²) in [5, 5.41) is 4.47. The summed E-state index contributed by atoms with van der Waals surface area (Å²) < 4.78 is 5.06. The predicted molar refractivity (Wildman–Crippen MR) is 89.4 cm³/mol. The predicted octanol–water partition coefficient (Wildman–Crippen LogP) is 3.92.